The minimum atomic E-state index is -1.54. The lowest BCUT2D eigenvalue weighted by molar-refractivity contribution is -0.347. The van der Waals surface area contributed by atoms with Gasteiger partial charge in [-0.15, -0.1) is 0 Å². The second-order valence-electron chi connectivity index (χ2n) is 18.4. The molecule has 2 saturated heterocycles. The van der Waals surface area contributed by atoms with Crippen molar-refractivity contribution < 1.29 is 50.0 Å². The Morgan fingerprint density at radius 1 is 0.739 bits per heavy atom. The maximum atomic E-state index is 12.2. The van der Waals surface area contributed by atoms with Crippen LogP contribution in [0.25, 0.3) is 0 Å². The van der Waals surface area contributed by atoms with Gasteiger partial charge in [0.2, 0.25) is 0 Å². The Hall–Kier alpha value is -0.400. The van der Waals surface area contributed by atoms with E-state index in [9.17, 15) is 35.7 Å². The highest BCUT2D eigenvalue weighted by molar-refractivity contribution is 5.22. The molecule has 0 radical (unpaired) electrons. The first-order chi connectivity index (χ1) is 21.2. The Morgan fingerprint density at radius 2 is 1.39 bits per heavy atom. The van der Waals surface area contributed by atoms with Crippen molar-refractivity contribution >= 4 is 0 Å². The zero-order chi connectivity index (χ0) is 34.0. The molecule has 6 rings (SSSR count). The summed E-state index contributed by atoms with van der Waals surface area (Å²) < 4.78 is 19.4. The van der Waals surface area contributed by atoms with Gasteiger partial charge in [0.05, 0.1) is 42.2 Å². The quantitative estimate of drug-likeness (QED) is 0.224. The van der Waals surface area contributed by atoms with E-state index in [0.717, 1.165) is 25.7 Å². The summed E-state index contributed by atoms with van der Waals surface area (Å²) in [5.41, 5.74) is -2.61. The van der Waals surface area contributed by atoms with E-state index in [-0.39, 0.29) is 39.9 Å². The zero-order valence-electron chi connectivity index (χ0n) is 29.2. The molecule has 0 spiro atoms. The third kappa shape index (κ3) is 4.86. The molecular formula is C36H62O10. The van der Waals surface area contributed by atoms with Crippen molar-refractivity contribution in [3.05, 3.63) is 0 Å². The summed E-state index contributed by atoms with van der Waals surface area (Å²) in [4.78, 5) is 0. The van der Waals surface area contributed by atoms with E-state index in [2.05, 4.69) is 41.5 Å². The average molecular weight is 655 g/mol. The molecule has 4 aliphatic carbocycles. The standard InChI is InChI=1S/C36H62O10/c1-31(2)23(39)10-12-33(5)22-15-19(38)25-18(36(8)14-11-24(40)32(3,4)46-36)9-13-34(25,6)35(22,7)16-20(29(31)33)44-30-28(43)27(42)26(41)21(17-37)45-30/h18-30,37-43H,9-17H2,1-8H3/t18-,19+,20-,21+,22+,23-,24+,25-,26-,27-,28+,29-,30+,33+,34+,35+,36-/m0/s1. The monoisotopic (exact) mass is 654 g/mol. The molecular weight excluding hydrogens is 592 g/mol. The van der Waals surface area contributed by atoms with E-state index < -0.39 is 78.3 Å². The van der Waals surface area contributed by atoms with Crippen LogP contribution in [0.3, 0.4) is 0 Å². The highest BCUT2D eigenvalue weighted by Crippen LogP contribution is 2.76. The lowest BCUT2D eigenvalue weighted by atomic mass is 9.34. The van der Waals surface area contributed by atoms with E-state index in [4.69, 9.17) is 14.2 Å². The summed E-state index contributed by atoms with van der Waals surface area (Å²) >= 11 is 0. The third-order valence-corrected chi connectivity index (χ3v) is 15.4. The molecule has 0 aromatic carbocycles. The summed E-state index contributed by atoms with van der Waals surface area (Å²) in [6.45, 7) is 16.7. The van der Waals surface area contributed by atoms with Gasteiger partial charge in [-0.2, -0.15) is 0 Å². The van der Waals surface area contributed by atoms with Crippen LogP contribution >= 0.6 is 0 Å². The largest absolute Gasteiger partial charge is 0.394 e. The predicted molar refractivity (Wildman–Crippen MR) is 169 cm³/mol. The molecule has 6 fully saturated rings. The lowest BCUT2D eigenvalue weighted by Crippen LogP contribution is -2.71. The van der Waals surface area contributed by atoms with Gasteiger partial charge in [-0.1, -0.05) is 34.6 Å². The third-order valence-electron chi connectivity index (χ3n) is 15.4. The molecule has 266 valence electrons. The first kappa shape index (κ1) is 35.4. The van der Waals surface area contributed by atoms with Gasteiger partial charge in [-0.3, -0.25) is 0 Å². The van der Waals surface area contributed by atoms with Crippen molar-refractivity contribution in [1.29, 1.82) is 0 Å². The van der Waals surface area contributed by atoms with Gasteiger partial charge in [0.1, 0.15) is 24.4 Å². The topological polar surface area (TPSA) is 169 Å². The van der Waals surface area contributed by atoms with Crippen LogP contribution in [0.15, 0.2) is 0 Å². The second kappa shape index (κ2) is 11.3. The van der Waals surface area contributed by atoms with Crippen LogP contribution in [0.1, 0.15) is 107 Å². The summed E-state index contributed by atoms with van der Waals surface area (Å²) in [7, 11) is 0. The number of fused-ring (bicyclic) bond motifs is 5. The summed E-state index contributed by atoms with van der Waals surface area (Å²) in [6.07, 6.45) is -3.11. The van der Waals surface area contributed by atoms with Crippen LogP contribution in [0.5, 0.6) is 0 Å². The van der Waals surface area contributed by atoms with E-state index in [1.54, 1.807) is 0 Å². The molecule has 0 aromatic heterocycles. The minimum Gasteiger partial charge on any atom is -0.394 e. The molecule has 4 saturated carbocycles. The van der Waals surface area contributed by atoms with E-state index in [1.807, 2.05) is 13.8 Å². The number of aliphatic hydroxyl groups excluding tert-OH is 7. The van der Waals surface area contributed by atoms with Gasteiger partial charge >= 0.3 is 0 Å². The molecule has 0 bridgehead atoms. The van der Waals surface area contributed by atoms with E-state index in [0.29, 0.717) is 25.7 Å². The molecule has 2 aliphatic heterocycles. The van der Waals surface area contributed by atoms with Crippen LogP contribution in [0, 0.1) is 45.3 Å². The van der Waals surface area contributed by atoms with Gasteiger partial charge in [-0.05, 0) is 117 Å². The first-order valence-electron chi connectivity index (χ1n) is 17.9. The lowest BCUT2D eigenvalue weighted by Gasteiger charge is -2.72. The van der Waals surface area contributed by atoms with E-state index >= 15 is 0 Å². The summed E-state index contributed by atoms with van der Waals surface area (Å²) in [5.74, 6) is 0.0667. The van der Waals surface area contributed by atoms with Crippen LogP contribution in [0.2, 0.25) is 0 Å². The molecule has 2 heterocycles. The Morgan fingerprint density at radius 3 is 2.02 bits per heavy atom. The first-order valence-corrected chi connectivity index (χ1v) is 17.9. The Balaban J connectivity index is 1.40. The van der Waals surface area contributed by atoms with Crippen LogP contribution in [0.4, 0.5) is 0 Å². The smallest absolute Gasteiger partial charge is 0.186 e. The van der Waals surface area contributed by atoms with Gasteiger partial charge in [0.15, 0.2) is 6.29 Å². The van der Waals surface area contributed by atoms with Gasteiger partial charge in [0.25, 0.3) is 0 Å². The Bertz CT molecular complexity index is 1150. The maximum Gasteiger partial charge on any atom is 0.186 e. The Kier molecular flexibility index (Phi) is 8.71. The maximum absolute atomic E-state index is 12.2. The zero-order valence-corrected chi connectivity index (χ0v) is 29.2. The fourth-order valence-corrected chi connectivity index (χ4v) is 12.8. The molecule has 46 heavy (non-hydrogen) atoms. The SMILES string of the molecule is CC1(C)O[C@](C)([C@H]2CC[C@]3(C)[C@@H]2[C@H](O)C[C@@H]2[C@@]4(C)CC[C@H](O)C(C)(C)[C@@H]4[C@@H](O[C@@H]4O[C@H](CO)[C@H](O)[C@H](O)[C@H]4O)C[C@]23C)CC[C@H]1O. The molecule has 0 aromatic rings. The predicted octanol–water partition coefficient (Wildman–Crippen LogP) is 2.51. The molecule has 7 N–H and O–H groups in total. The van der Waals surface area contributed by atoms with Crippen molar-refractivity contribution in [2.75, 3.05) is 6.61 Å². The fraction of sp³-hybridized carbons (Fsp3) is 1.00. The second-order valence-corrected chi connectivity index (χ2v) is 18.4. The van der Waals surface area contributed by atoms with E-state index in [1.165, 1.54) is 0 Å². The van der Waals surface area contributed by atoms with Crippen molar-refractivity contribution in [1.82, 2.24) is 0 Å². The Labute approximate surface area is 274 Å². The highest BCUT2D eigenvalue weighted by Gasteiger charge is 2.74. The normalized spacial score (nSPS) is 58.1. The molecule has 6 aliphatic rings. The van der Waals surface area contributed by atoms with Crippen LogP contribution in [-0.2, 0) is 14.2 Å². The van der Waals surface area contributed by atoms with Gasteiger partial charge in [-0.25, -0.2) is 0 Å². The van der Waals surface area contributed by atoms with Gasteiger partial charge in [0, 0.05) is 0 Å². The average Bonchev–Trinajstić information content (AvgIpc) is 3.35. The molecule has 17 atom stereocenters. The van der Waals surface area contributed by atoms with Crippen molar-refractivity contribution in [2.24, 2.45) is 45.3 Å². The molecule has 0 unspecified atom stereocenters. The number of ether oxygens (including phenoxy) is 3. The van der Waals surface area contributed by atoms with Crippen molar-refractivity contribution in [3.63, 3.8) is 0 Å². The van der Waals surface area contributed by atoms with Crippen LogP contribution in [-0.4, -0.2) is 109 Å². The number of aliphatic hydroxyl groups is 7. The molecule has 0 amide bonds. The van der Waals surface area contributed by atoms with Crippen molar-refractivity contribution in [3.8, 4) is 0 Å². The van der Waals surface area contributed by atoms with Crippen LogP contribution < -0.4 is 0 Å². The van der Waals surface area contributed by atoms with Gasteiger partial charge < -0.3 is 50.0 Å². The number of hydrogen-bond donors (Lipinski definition) is 7. The number of hydrogen-bond acceptors (Lipinski definition) is 10. The fourth-order valence-electron chi connectivity index (χ4n) is 12.8. The number of rotatable bonds is 4. The molecule has 10 nitrogen and oxygen atoms in total. The minimum absolute atomic E-state index is 0.0277. The highest BCUT2D eigenvalue weighted by atomic mass is 16.7. The molecule has 10 heteroatoms. The van der Waals surface area contributed by atoms with Crippen molar-refractivity contribution in [2.45, 2.75) is 173 Å². The summed E-state index contributed by atoms with van der Waals surface area (Å²) in [6, 6.07) is 0. The summed E-state index contributed by atoms with van der Waals surface area (Å²) in [5, 5.41) is 76.3.